The van der Waals surface area contributed by atoms with Crippen molar-refractivity contribution in [2.45, 2.75) is 31.6 Å². The van der Waals surface area contributed by atoms with Crippen LogP contribution in [0.25, 0.3) is 0 Å². The maximum atomic E-state index is 11.7. The zero-order chi connectivity index (χ0) is 15.0. The molecule has 4 nitrogen and oxygen atoms in total. The van der Waals surface area contributed by atoms with Crippen LogP contribution in [0.4, 0.5) is 0 Å². The van der Waals surface area contributed by atoms with Crippen molar-refractivity contribution in [1.29, 1.82) is 0 Å². The van der Waals surface area contributed by atoms with E-state index in [4.69, 9.17) is 16.7 Å². The van der Waals surface area contributed by atoms with E-state index in [0.717, 1.165) is 12.0 Å². The van der Waals surface area contributed by atoms with Crippen molar-refractivity contribution in [2.24, 2.45) is 0 Å². The first-order valence-electron chi connectivity index (χ1n) is 6.37. The van der Waals surface area contributed by atoms with Gasteiger partial charge in [0.15, 0.2) is 0 Å². The number of hydrogen-bond acceptors (Lipinski definition) is 3. The van der Waals surface area contributed by atoms with Gasteiger partial charge in [-0.2, -0.15) is 0 Å². The summed E-state index contributed by atoms with van der Waals surface area (Å²) < 4.78 is 0. The first-order chi connectivity index (χ1) is 9.52. The highest BCUT2D eigenvalue weighted by atomic mass is 35.5. The molecule has 0 spiro atoms. The van der Waals surface area contributed by atoms with E-state index in [-0.39, 0.29) is 11.7 Å². The summed E-state index contributed by atoms with van der Waals surface area (Å²) in [5.41, 5.74) is 1.08. The third kappa shape index (κ3) is 6.30. The van der Waals surface area contributed by atoms with E-state index < -0.39 is 12.0 Å². The average Bonchev–Trinajstić information content (AvgIpc) is 2.40. The lowest BCUT2D eigenvalue weighted by atomic mass is 10.2. The number of nitrogens with one attached hydrogen (secondary N) is 1. The van der Waals surface area contributed by atoms with E-state index in [1.54, 1.807) is 12.1 Å². The normalized spacial score (nSPS) is 11.9. The molecule has 110 valence electrons. The van der Waals surface area contributed by atoms with Gasteiger partial charge in [0.25, 0.3) is 0 Å². The van der Waals surface area contributed by atoms with Crippen molar-refractivity contribution in [1.82, 2.24) is 5.32 Å². The second-order valence-corrected chi connectivity index (χ2v) is 5.79. The Bertz CT molecular complexity index is 450. The predicted molar refractivity (Wildman–Crippen MR) is 82.1 cm³/mol. The van der Waals surface area contributed by atoms with Crippen LogP contribution in [0.15, 0.2) is 24.3 Å². The largest absolute Gasteiger partial charge is 0.480 e. The van der Waals surface area contributed by atoms with Crippen molar-refractivity contribution in [3.8, 4) is 0 Å². The zero-order valence-electron chi connectivity index (χ0n) is 11.3. The van der Waals surface area contributed by atoms with E-state index in [9.17, 15) is 9.59 Å². The van der Waals surface area contributed by atoms with Crippen LogP contribution in [0, 0.1) is 0 Å². The molecule has 0 heterocycles. The van der Waals surface area contributed by atoms with E-state index in [0.29, 0.717) is 17.2 Å². The third-order valence-electron chi connectivity index (χ3n) is 2.63. The number of carbonyl (C=O) groups is 2. The summed E-state index contributed by atoms with van der Waals surface area (Å²) in [6.07, 6.45) is 1.16. The third-order valence-corrected chi connectivity index (χ3v) is 3.88. The van der Waals surface area contributed by atoms with Gasteiger partial charge in [0.1, 0.15) is 6.04 Å². The van der Waals surface area contributed by atoms with Gasteiger partial charge in [0.2, 0.25) is 5.91 Å². The summed E-state index contributed by atoms with van der Waals surface area (Å²) in [4.78, 5) is 22.6. The number of benzene rings is 1. The van der Waals surface area contributed by atoms with Gasteiger partial charge in [0.05, 0.1) is 5.75 Å². The van der Waals surface area contributed by atoms with Gasteiger partial charge in [-0.05, 0) is 24.1 Å². The molecule has 1 aromatic rings. The number of carboxylic acid groups (broad SMARTS) is 1. The van der Waals surface area contributed by atoms with Crippen molar-refractivity contribution < 1.29 is 14.7 Å². The Morgan fingerprint density at radius 3 is 2.55 bits per heavy atom. The molecule has 0 aliphatic heterocycles. The minimum absolute atomic E-state index is 0.246. The van der Waals surface area contributed by atoms with Crippen LogP contribution in [0.3, 0.4) is 0 Å². The number of halogens is 1. The molecule has 0 saturated heterocycles. The quantitative estimate of drug-likeness (QED) is 0.774. The second kappa shape index (κ2) is 8.87. The van der Waals surface area contributed by atoms with Gasteiger partial charge < -0.3 is 10.4 Å². The lowest BCUT2D eigenvalue weighted by Gasteiger charge is -2.13. The highest BCUT2D eigenvalue weighted by Gasteiger charge is 2.18. The minimum Gasteiger partial charge on any atom is -0.480 e. The van der Waals surface area contributed by atoms with E-state index in [1.165, 1.54) is 11.8 Å². The molecular weight excluding hydrogens is 298 g/mol. The van der Waals surface area contributed by atoms with Gasteiger partial charge in [-0.25, -0.2) is 4.79 Å². The van der Waals surface area contributed by atoms with Crippen LogP contribution < -0.4 is 5.32 Å². The standard InChI is InChI=1S/C14H18ClNO3S/c1-2-3-12(14(18)19)16-13(17)9-20-8-10-4-6-11(15)7-5-10/h4-7,12H,2-3,8-9H2,1H3,(H,16,17)(H,18,19)/t12-/m1/s1. The molecule has 0 saturated carbocycles. The lowest BCUT2D eigenvalue weighted by Crippen LogP contribution is -2.41. The fourth-order valence-corrected chi connectivity index (χ4v) is 2.55. The maximum Gasteiger partial charge on any atom is 0.326 e. The van der Waals surface area contributed by atoms with Gasteiger partial charge in [-0.1, -0.05) is 37.1 Å². The molecule has 2 N–H and O–H groups in total. The lowest BCUT2D eigenvalue weighted by molar-refractivity contribution is -0.141. The van der Waals surface area contributed by atoms with Gasteiger partial charge in [-0.15, -0.1) is 11.8 Å². The van der Waals surface area contributed by atoms with Gasteiger partial charge in [0, 0.05) is 10.8 Å². The van der Waals surface area contributed by atoms with E-state index in [1.807, 2.05) is 19.1 Å². The summed E-state index contributed by atoms with van der Waals surface area (Å²) in [7, 11) is 0. The molecule has 0 aliphatic carbocycles. The minimum atomic E-state index is -0.983. The molecule has 1 amide bonds. The highest BCUT2D eigenvalue weighted by Crippen LogP contribution is 2.15. The van der Waals surface area contributed by atoms with Crippen LogP contribution in [0.2, 0.25) is 5.02 Å². The molecule has 0 aromatic heterocycles. The van der Waals surface area contributed by atoms with Crippen molar-refractivity contribution in [3.05, 3.63) is 34.9 Å². The summed E-state index contributed by atoms with van der Waals surface area (Å²) >= 11 is 7.23. The highest BCUT2D eigenvalue weighted by molar-refractivity contribution is 7.99. The van der Waals surface area contributed by atoms with Gasteiger partial charge >= 0.3 is 5.97 Å². The molecule has 0 fully saturated rings. The molecule has 20 heavy (non-hydrogen) atoms. The molecule has 0 aliphatic rings. The number of hydrogen-bond donors (Lipinski definition) is 2. The van der Waals surface area contributed by atoms with E-state index in [2.05, 4.69) is 5.32 Å². The Labute approximate surface area is 127 Å². The average molecular weight is 316 g/mol. The fraction of sp³-hybridized carbons (Fsp3) is 0.429. The monoisotopic (exact) mass is 315 g/mol. The number of aliphatic carboxylic acids is 1. The molecule has 1 aromatic carbocycles. The second-order valence-electron chi connectivity index (χ2n) is 4.37. The Kier molecular flexibility index (Phi) is 7.47. The first-order valence-corrected chi connectivity index (χ1v) is 7.90. The SMILES string of the molecule is CCC[C@@H](NC(=O)CSCc1ccc(Cl)cc1)C(=O)O. The van der Waals surface area contributed by atoms with Crippen LogP contribution in [-0.4, -0.2) is 28.8 Å². The van der Waals surface area contributed by atoms with Crippen LogP contribution >= 0.6 is 23.4 Å². The summed E-state index contributed by atoms with van der Waals surface area (Å²) in [6, 6.07) is 6.64. The van der Waals surface area contributed by atoms with Crippen LogP contribution in [0.5, 0.6) is 0 Å². The molecule has 1 rings (SSSR count). The molecule has 0 unspecified atom stereocenters. The topological polar surface area (TPSA) is 66.4 Å². The van der Waals surface area contributed by atoms with Crippen molar-refractivity contribution in [2.75, 3.05) is 5.75 Å². The molecular formula is C14H18ClNO3S. The number of carboxylic acids is 1. The smallest absolute Gasteiger partial charge is 0.326 e. The molecule has 1 atom stereocenters. The van der Waals surface area contributed by atoms with Crippen LogP contribution in [-0.2, 0) is 15.3 Å². The zero-order valence-corrected chi connectivity index (χ0v) is 12.8. The molecule has 0 bridgehead atoms. The maximum absolute atomic E-state index is 11.7. The number of carbonyl (C=O) groups excluding carboxylic acids is 1. The molecule has 6 heteroatoms. The Morgan fingerprint density at radius 1 is 1.35 bits per heavy atom. The number of rotatable bonds is 8. The Morgan fingerprint density at radius 2 is 2.00 bits per heavy atom. The first kappa shape index (κ1) is 16.9. The summed E-state index contributed by atoms with van der Waals surface area (Å²) in [5.74, 6) is -0.292. The Hall–Kier alpha value is -1.20. The predicted octanol–water partition coefficient (Wildman–Crippen LogP) is 2.94. The van der Waals surface area contributed by atoms with Crippen LogP contribution in [0.1, 0.15) is 25.3 Å². The van der Waals surface area contributed by atoms with Crippen molar-refractivity contribution in [3.63, 3.8) is 0 Å². The fourth-order valence-electron chi connectivity index (χ4n) is 1.62. The van der Waals surface area contributed by atoms with E-state index >= 15 is 0 Å². The molecule has 0 radical (unpaired) electrons. The number of amides is 1. The summed E-state index contributed by atoms with van der Waals surface area (Å²) in [6.45, 7) is 1.89. The van der Waals surface area contributed by atoms with Gasteiger partial charge in [-0.3, -0.25) is 4.79 Å². The van der Waals surface area contributed by atoms with Crippen molar-refractivity contribution >= 4 is 35.2 Å². The number of thioether (sulfide) groups is 1. The summed E-state index contributed by atoms with van der Waals surface area (Å²) in [5, 5.41) is 12.2. The Balaban J connectivity index is 2.32.